The second kappa shape index (κ2) is 5.67. The van der Waals surface area contributed by atoms with E-state index in [9.17, 15) is 4.79 Å². The maximum absolute atomic E-state index is 11.3. The van der Waals surface area contributed by atoms with Gasteiger partial charge >= 0.3 is 5.97 Å². The number of carbonyl (C=O) groups excluding carboxylic acids is 1. The first kappa shape index (κ1) is 11.9. The van der Waals surface area contributed by atoms with E-state index in [1.807, 2.05) is 0 Å². The van der Waals surface area contributed by atoms with Crippen LogP contribution in [0.4, 0.5) is 6.01 Å². The van der Waals surface area contributed by atoms with Gasteiger partial charge in [-0.2, -0.15) is 4.98 Å². The zero-order valence-corrected chi connectivity index (χ0v) is 9.77. The van der Waals surface area contributed by atoms with Crippen LogP contribution in [0.2, 0.25) is 0 Å². The Morgan fingerprint density at radius 2 is 2.59 bits per heavy atom. The molecular weight excluding hydrogens is 224 g/mol. The summed E-state index contributed by atoms with van der Waals surface area (Å²) in [5, 5.41) is 2.99. The first-order valence-corrected chi connectivity index (χ1v) is 5.77. The molecule has 1 aromatic rings. The van der Waals surface area contributed by atoms with Gasteiger partial charge in [-0.25, -0.2) is 4.79 Å². The summed E-state index contributed by atoms with van der Waals surface area (Å²) in [5.41, 5.74) is 0.182. The van der Waals surface area contributed by atoms with Gasteiger partial charge in [-0.05, 0) is 19.8 Å². The molecular formula is C11H16N2O4. The predicted octanol–water partition coefficient (Wildman–Crippen LogP) is 1.44. The number of esters is 1. The van der Waals surface area contributed by atoms with E-state index in [0.29, 0.717) is 19.2 Å². The number of anilines is 1. The summed E-state index contributed by atoms with van der Waals surface area (Å²) >= 11 is 0. The minimum Gasteiger partial charge on any atom is -0.461 e. The number of ether oxygens (including phenoxy) is 2. The van der Waals surface area contributed by atoms with Gasteiger partial charge in [0.15, 0.2) is 5.69 Å². The van der Waals surface area contributed by atoms with Crippen molar-refractivity contribution in [3.63, 3.8) is 0 Å². The minimum atomic E-state index is -0.471. The van der Waals surface area contributed by atoms with Crippen LogP contribution in [0.1, 0.15) is 30.3 Å². The third kappa shape index (κ3) is 3.20. The monoisotopic (exact) mass is 240 g/mol. The van der Waals surface area contributed by atoms with E-state index in [-0.39, 0.29) is 11.8 Å². The topological polar surface area (TPSA) is 73.6 Å². The molecule has 0 saturated carbocycles. The Kier molecular flexibility index (Phi) is 3.98. The normalized spacial score (nSPS) is 19.2. The molecule has 2 rings (SSSR count). The zero-order chi connectivity index (χ0) is 12.1. The van der Waals surface area contributed by atoms with Crippen LogP contribution in [-0.2, 0) is 9.47 Å². The fourth-order valence-corrected chi connectivity index (χ4v) is 1.66. The summed E-state index contributed by atoms with van der Waals surface area (Å²) in [4.78, 5) is 15.3. The number of rotatable bonds is 5. The molecule has 0 aromatic carbocycles. The standard InChI is InChI=1S/C11H16N2O4/c1-2-15-10(14)9-7-17-11(13-9)12-6-8-4-3-5-16-8/h7-8H,2-6H2,1H3,(H,12,13). The molecule has 0 spiro atoms. The quantitative estimate of drug-likeness (QED) is 0.785. The molecule has 1 aliphatic heterocycles. The molecule has 94 valence electrons. The molecule has 6 heteroatoms. The zero-order valence-electron chi connectivity index (χ0n) is 9.77. The van der Waals surface area contributed by atoms with Gasteiger partial charge in [-0.1, -0.05) is 0 Å². The maximum Gasteiger partial charge on any atom is 0.360 e. The van der Waals surface area contributed by atoms with Crippen LogP contribution in [0.5, 0.6) is 0 Å². The molecule has 1 aliphatic rings. The highest BCUT2D eigenvalue weighted by molar-refractivity contribution is 5.87. The molecule has 1 unspecified atom stereocenters. The van der Waals surface area contributed by atoms with Gasteiger partial charge in [-0.15, -0.1) is 0 Å². The van der Waals surface area contributed by atoms with E-state index in [1.54, 1.807) is 6.92 Å². The third-order valence-electron chi connectivity index (χ3n) is 2.49. The average molecular weight is 240 g/mol. The Bertz CT molecular complexity index is 371. The molecule has 0 bridgehead atoms. The maximum atomic E-state index is 11.3. The van der Waals surface area contributed by atoms with Crippen LogP contribution < -0.4 is 5.32 Å². The van der Waals surface area contributed by atoms with Crippen LogP contribution >= 0.6 is 0 Å². The fraction of sp³-hybridized carbons (Fsp3) is 0.636. The van der Waals surface area contributed by atoms with Crippen molar-refractivity contribution in [2.45, 2.75) is 25.9 Å². The number of nitrogens with one attached hydrogen (secondary N) is 1. The highest BCUT2D eigenvalue weighted by atomic mass is 16.5. The lowest BCUT2D eigenvalue weighted by Gasteiger charge is -2.08. The SMILES string of the molecule is CCOC(=O)c1coc(NCC2CCCO2)n1. The fourth-order valence-electron chi connectivity index (χ4n) is 1.66. The van der Waals surface area contributed by atoms with Crippen molar-refractivity contribution >= 4 is 12.0 Å². The second-order valence-electron chi connectivity index (χ2n) is 3.77. The van der Waals surface area contributed by atoms with Gasteiger partial charge in [0.25, 0.3) is 6.01 Å². The summed E-state index contributed by atoms with van der Waals surface area (Å²) in [7, 11) is 0. The Morgan fingerprint density at radius 1 is 1.71 bits per heavy atom. The van der Waals surface area contributed by atoms with Crippen LogP contribution in [0.25, 0.3) is 0 Å². The van der Waals surface area contributed by atoms with Gasteiger partial charge in [-0.3, -0.25) is 0 Å². The van der Waals surface area contributed by atoms with E-state index in [0.717, 1.165) is 19.4 Å². The van der Waals surface area contributed by atoms with Crippen molar-refractivity contribution in [3.8, 4) is 0 Å². The van der Waals surface area contributed by atoms with Crippen LogP contribution in [0.15, 0.2) is 10.7 Å². The van der Waals surface area contributed by atoms with Crippen molar-refractivity contribution in [1.29, 1.82) is 0 Å². The predicted molar refractivity (Wildman–Crippen MR) is 59.9 cm³/mol. The number of hydrogen-bond donors (Lipinski definition) is 1. The van der Waals surface area contributed by atoms with Gasteiger partial charge in [0.05, 0.1) is 12.7 Å². The van der Waals surface area contributed by atoms with Crippen LogP contribution in [0.3, 0.4) is 0 Å². The lowest BCUT2D eigenvalue weighted by Crippen LogP contribution is -2.18. The van der Waals surface area contributed by atoms with E-state index < -0.39 is 5.97 Å². The molecule has 1 N–H and O–H groups in total. The Hall–Kier alpha value is -1.56. The first-order valence-electron chi connectivity index (χ1n) is 5.77. The molecule has 17 heavy (non-hydrogen) atoms. The summed E-state index contributed by atoms with van der Waals surface area (Å²) in [5.74, 6) is -0.471. The summed E-state index contributed by atoms with van der Waals surface area (Å²) in [6, 6.07) is 0.323. The lowest BCUT2D eigenvalue weighted by atomic mass is 10.2. The average Bonchev–Trinajstić information content (AvgIpc) is 2.98. The molecule has 1 atom stereocenters. The number of hydrogen-bond acceptors (Lipinski definition) is 6. The van der Waals surface area contributed by atoms with Gasteiger partial charge in [0.2, 0.25) is 0 Å². The van der Waals surface area contributed by atoms with Gasteiger partial charge in [0.1, 0.15) is 6.26 Å². The van der Waals surface area contributed by atoms with E-state index in [1.165, 1.54) is 6.26 Å². The van der Waals surface area contributed by atoms with Crippen LogP contribution in [0, 0.1) is 0 Å². The molecule has 6 nitrogen and oxygen atoms in total. The number of nitrogens with zero attached hydrogens (tertiary/aromatic N) is 1. The highest BCUT2D eigenvalue weighted by Gasteiger charge is 2.17. The second-order valence-corrected chi connectivity index (χ2v) is 3.77. The Labute approximate surface area is 99.3 Å². The van der Waals surface area contributed by atoms with Crippen molar-refractivity contribution in [3.05, 3.63) is 12.0 Å². The van der Waals surface area contributed by atoms with Gasteiger partial charge in [0, 0.05) is 13.2 Å². The summed E-state index contributed by atoms with van der Waals surface area (Å²) in [6.07, 6.45) is 3.62. The third-order valence-corrected chi connectivity index (χ3v) is 2.49. The molecule has 1 saturated heterocycles. The van der Waals surface area contributed by atoms with E-state index >= 15 is 0 Å². The first-order chi connectivity index (χ1) is 8.29. The Balaban J connectivity index is 1.83. The summed E-state index contributed by atoms with van der Waals surface area (Å²) in [6.45, 7) is 3.52. The highest BCUT2D eigenvalue weighted by Crippen LogP contribution is 2.14. The lowest BCUT2D eigenvalue weighted by molar-refractivity contribution is 0.0519. The minimum absolute atomic E-state index is 0.182. The van der Waals surface area contributed by atoms with Crippen molar-refractivity contribution in [1.82, 2.24) is 4.98 Å². The number of oxazole rings is 1. The molecule has 1 aromatic heterocycles. The van der Waals surface area contributed by atoms with Crippen molar-refractivity contribution in [2.75, 3.05) is 25.1 Å². The van der Waals surface area contributed by atoms with Gasteiger partial charge < -0.3 is 19.2 Å². The van der Waals surface area contributed by atoms with Crippen LogP contribution in [-0.4, -0.2) is 36.8 Å². The molecule has 0 aliphatic carbocycles. The molecule has 0 amide bonds. The molecule has 0 radical (unpaired) electrons. The smallest absolute Gasteiger partial charge is 0.360 e. The summed E-state index contributed by atoms with van der Waals surface area (Å²) < 4.78 is 15.4. The van der Waals surface area contributed by atoms with Crippen molar-refractivity contribution < 1.29 is 18.7 Å². The Morgan fingerprint density at radius 3 is 3.29 bits per heavy atom. The van der Waals surface area contributed by atoms with Crippen molar-refractivity contribution in [2.24, 2.45) is 0 Å². The number of carbonyl (C=O) groups is 1. The largest absolute Gasteiger partial charge is 0.461 e. The molecule has 2 heterocycles. The number of aromatic nitrogens is 1. The molecule has 1 fully saturated rings. The van der Waals surface area contributed by atoms with E-state index in [2.05, 4.69) is 10.3 Å². The van der Waals surface area contributed by atoms with E-state index in [4.69, 9.17) is 13.9 Å².